The van der Waals surface area contributed by atoms with E-state index in [1.807, 2.05) is 13.8 Å². The topological polar surface area (TPSA) is 81.8 Å². The van der Waals surface area contributed by atoms with Gasteiger partial charge in [-0.15, -0.1) is 0 Å². The lowest BCUT2D eigenvalue weighted by molar-refractivity contribution is 0.0564. The van der Waals surface area contributed by atoms with Gasteiger partial charge >= 0.3 is 6.55 Å². The van der Waals surface area contributed by atoms with Gasteiger partial charge in [0.1, 0.15) is 4.90 Å². The fraction of sp³-hybridized carbons (Fsp3) is 0.538. The lowest BCUT2D eigenvalue weighted by Crippen LogP contribution is -2.26. The minimum atomic E-state index is -3.89. The van der Waals surface area contributed by atoms with Crippen LogP contribution in [-0.4, -0.2) is 34.5 Å². The molecule has 0 aliphatic rings. The second-order valence-electron chi connectivity index (χ2n) is 5.40. The van der Waals surface area contributed by atoms with E-state index in [2.05, 4.69) is 14.9 Å². The van der Waals surface area contributed by atoms with Crippen molar-refractivity contribution in [3.8, 4) is 0 Å². The third kappa shape index (κ3) is 3.93. The van der Waals surface area contributed by atoms with E-state index in [-0.39, 0.29) is 22.2 Å². The number of aryl methyl sites for hydroxylation is 1. The Bertz CT molecular complexity index is 818. The fourth-order valence-electron chi connectivity index (χ4n) is 2.25. The molecule has 2 aromatic heterocycles. The molecule has 0 amide bonds. The van der Waals surface area contributed by atoms with Gasteiger partial charge in [-0.05, 0) is 27.2 Å². The highest BCUT2D eigenvalue weighted by Gasteiger charge is 2.20. The Morgan fingerprint density at radius 1 is 1.38 bits per heavy atom. The summed E-state index contributed by atoms with van der Waals surface area (Å²) in [6.07, 6.45) is 2.14. The molecule has 1 N–H and O–H groups in total. The molecular formula is C13H18ClF2N5O2S. The number of hydrogen-bond acceptors (Lipinski definition) is 4. The van der Waals surface area contributed by atoms with Crippen LogP contribution in [0, 0.1) is 13.8 Å². The van der Waals surface area contributed by atoms with Gasteiger partial charge in [-0.25, -0.2) is 17.8 Å². The molecule has 2 aromatic rings. The number of nitrogens with one attached hydrogen (secondary N) is 1. The van der Waals surface area contributed by atoms with Gasteiger partial charge in [-0.3, -0.25) is 4.68 Å². The second kappa shape index (κ2) is 7.16. The molecule has 2 heterocycles. The lowest BCUT2D eigenvalue weighted by Gasteiger charge is -2.14. The predicted octanol–water partition coefficient (Wildman–Crippen LogP) is 2.67. The summed E-state index contributed by atoms with van der Waals surface area (Å²) in [7, 11) is -3.89. The third-order valence-electron chi connectivity index (χ3n) is 3.60. The molecule has 1 atom stereocenters. The van der Waals surface area contributed by atoms with E-state index < -0.39 is 16.6 Å². The summed E-state index contributed by atoms with van der Waals surface area (Å²) >= 11 is 6.09. The van der Waals surface area contributed by atoms with Crippen LogP contribution in [0.15, 0.2) is 17.3 Å². The van der Waals surface area contributed by atoms with Gasteiger partial charge in [0.15, 0.2) is 0 Å². The minimum Gasteiger partial charge on any atom is -0.265 e. The number of sulfonamides is 1. The average Bonchev–Trinajstić information content (AvgIpc) is 3.09. The van der Waals surface area contributed by atoms with Crippen molar-refractivity contribution in [3.63, 3.8) is 0 Å². The molecule has 0 aliphatic carbocycles. The molecule has 0 unspecified atom stereocenters. The van der Waals surface area contributed by atoms with E-state index in [0.29, 0.717) is 17.1 Å². The second-order valence-corrected chi connectivity index (χ2v) is 7.54. The molecule has 7 nitrogen and oxygen atoms in total. The van der Waals surface area contributed by atoms with Crippen molar-refractivity contribution in [1.82, 2.24) is 24.3 Å². The fourth-order valence-corrected chi connectivity index (χ4v) is 3.36. The van der Waals surface area contributed by atoms with Crippen LogP contribution in [0.3, 0.4) is 0 Å². The zero-order valence-electron chi connectivity index (χ0n) is 13.4. The number of halogens is 3. The monoisotopic (exact) mass is 381 g/mol. The van der Waals surface area contributed by atoms with Crippen LogP contribution in [0.4, 0.5) is 8.78 Å². The van der Waals surface area contributed by atoms with E-state index in [1.165, 1.54) is 0 Å². The van der Waals surface area contributed by atoms with Gasteiger partial charge in [0.05, 0.1) is 34.8 Å². The van der Waals surface area contributed by atoms with Crippen molar-refractivity contribution in [2.45, 2.75) is 44.7 Å². The van der Waals surface area contributed by atoms with Crippen LogP contribution in [0.5, 0.6) is 0 Å². The summed E-state index contributed by atoms with van der Waals surface area (Å²) in [6, 6.07) is -0.0808. The van der Waals surface area contributed by atoms with Crippen LogP contribution in [0.25, 0.3) is 0 Å². The van der Waals surface area contributed by atoms with E-state index in [4.69, 9.17) is 11.6 Å². The van der Waals surface area contributed by atoms with Crippen molar-refractivity contribution in [2.24, 2.45) is 0 Å². The lowest BCUT2D eigenvalue weighted by atomic mass is 10.2. The van der Waals surface area contributed by atoms with Gasteiger partial charge in [0.25, 0.3) is 0 Å². The number of hydrogen-bond donors (Lipinski definition) is 1. The predicted molar refractivity (Wildman–Crippen MR) is 84.7 cm³/mol. The first-order valence-electron chi connectivity index (χ1n) is 7.16. The smallest absolute Gasteiger partial charge is 0.265 e. The molecule has 0 aliphatic heterocycles. The van der Waals surface area contributed by atoms with Crippen LogP contribution < -0.4 is 4.72 Å². The molecular weight excluding hydrogens is 364 g/mol. The molecule has 0 fully saturated rings. The maximum Gasteiger partial charge on any atom is 0.333 e. The van der Waals surface area contributed by atoms with E-state index in [0.717, 1.165) is 18.1 Å². The van der Waals surface area contributed by atoms with Crippen molar-refractivity contribution < 1.29 is 17.2 Å². The number of rotatable bonds is 7. The number of aromatic nitrogens is 4. The van der Waals surface area contributed by atoms with Crippen LogP contribution in [0.2, 0.25) is 5.02 Å². The summed E-state index contributed by atoms with van der Waals surface area (Å²) in [5.41, 5.74) is 1.52. The molecule has 0 spiro atoms. The molecule has 0 saturated heterocycles. The Morgan fingerprint density at radius 2 is 2.04 bits per heavy atom. The SMILES string of the molecule is Cc1nn([C@H](C)CCNS(=O)(=O)c2cnn(C(F)F)c2)c(C)c1Cl. The molecule has 134 valence electrons. The number of alkyl halides is 2. The van der Waals surface area contributed by atoms with E-state index in [1.54, 1.807) is 11.6 Å². The quantitative estimate of drug-likeness (QED) is 0.799. The average molecular weight is 382 g/mol. The Hall–Kier alpha value is -1.52. The molecule has 2 rings (SSSR count). The highest BCUT2D eigenvalue weighted by atomic mass is 35.5. The summed E-state index contributed by atoms with van der Waals surface area (Å²) in [5, 5.41) is 8.22. The first-order valence-corrected chi connectivity index (χ1v) is 9.02. The Morgan fingerprint density at radius 3 is 2.54 bits per heavy atom. The Labute approximate surface area is 143 Å². The molecule has 0 radical (unpaired) electrons. The first kappa shape index (κ1) is 18.8. The van der Waals surface area contributed by atoms with Crippen LogP contribution >= 0.6 is 11.6 Å². The van der Waals surface area contributed by atoms with Gasteiger partial charge in [0, 0.05) is 6.54 Å². The summed E-state index contributed by atoms with van der Waals surface area (Å²) in [6.45, 7) is 2.76. The van der Waals surface area contributed by atoms with Gasteiger partial charge in [-0.2, -0.15) is 19.0 Å². The van der Waals surface area contributed by atoms with Gasteiger partial charge in [-0.1, -0.05) is 11.6 Å². The summed E-state index contributed by atoms with van der Waals surface area (Å²) in [5.74, 6) is 0. The molecule has 0 bridgehead atoms. The summed E-state index contributed by atoms with van der Waals surface area (Å²) < 4.78 is 53.4. The Balaban J connectivity index is 1.98. The maximum atomic E-state index is 12.5. The van der Waals surface area contributed by atoms with E-state index in [9.17, 15) is 17.2 Å². The molecule has 0 saturated carbocycles. The standard InChI is InChI=1S/C13H18ClF2N5O2S/c1-8(21-10(3)12(14)9(2)19-21)4-5-18-24(22,23)11-6-17-20(7-11)13(15)16/h6-8,13,18H,4-5H2,1-3H3/t8-/m1/s1. The summed E-state index contributed by atoms with van der Waals surface area (Å²) in [4.78, 5) is -0.301. The van der Waals surface area contributed by atoms with Gasteiger partial charge < -0.3 is 0 Å². The molecule has 24 heavy (non-hydrogen) atoms. The van der Waals surface area contributed by atoms with Crippen molar-refractivity contribution >= 4 is 21.6 Å². The minimum absolute atomic E-state index is 0.0808. The molecule has 11 heteroatoms. The number of nitrogens with zero attached hydrogens (tertiary/aromatic N) is 4. The van der Waals surface area contributed by atoms with Crippen molar-refractivity contribution in [1.29, 1.82) is 0 Å². The first-order chi connectivity index (χ1) is 11.1. The van der Waals surface area contributed by atoms with Crippen LogP contribution in [0.1, 0.15) is 37.3 Å². The highest BCUT2D eigenvalue weighted by molar-refractivity contribution is 7.89. The highest BCUT2D eigenvalue weighted by Crippen LogP contribution is 2.23. The van der Waals surface area contributed by atoms with Crippen molar-refractivity contribution in [3.05, 3.63) is 28.8 Å². The largest absolute Gasteiger partial charge is 0.333 e. The van der Waals surface area contributed by atoms with Crippen molar-refractivity contribution in [2.75, 3.05) is 6.54 Å². The zero-order valence-corrected chi connectivity index (χ0v) is 14.9. The Kier molecular flexibility index (Phi) is 5.61. The normalized spacial score (nSPS) is 13.6. The third-order valence-corrected chi connectivity index (χ3v) is 5.56. The zero-order chi connectivity index (χ0) is 18.1. The van der Waals surface area contributed by atoms with Crippen LogP contribution in [-0.2, 0) is 10.0 Å². The molecule has 0 aromatic carbocycles. The maximum absolute atomic E-state index is 12.5. The van der Waals surface area contributed by atoms with Gasteiger partial charge in [0.2, 0.25) is 10.0 Å². The van der Waals surface area contributed by atoms with E-state index >= 15 is 0 Å².